The quantitative estimate of drug-likeness (QED) is 0.0279. The summed E-state index contributed by atoms with van der Waals surface area (Å²) < 4.78 is 22.9. The van der Waals surface area contributed by atoms with Crippen molar-refractivity contribution in [3.8, 4) is 0 Å². The van der Waals surface area contributed by atoms with Gasteiger partial charge >= 0.3 is 28.3 Å². The number of hydrogen-bond donors (Lipinski definition) is 3. The minimum atomic E-state index is -2.61. The molecule has 36 nitrogen and oxygen atoms in total. The maximum Gasteiger partial charge on any atom is 0.478 e. The lowest BCUT2D eigenvalue weighted by molar-refractivity contribution is -0.796. The minimum Gasteiger partial charge on any atom is -0.387 e. The number of rotatable bonds is 26. The van der Waals surface area contributed by atoms with Crippen LogP contribution in [0.25, 0.3) is 0 Å². The predicted molar refractivity (Wildman–Crippen MR) is 158 cm³/mol. The molecule has 0 heterocycles. The van der Waals surface area contributed by atoms with Crippen LogP contribution in [0.5, 0.6) is 0 Å². The van der Waals surface area contributed by atoms with Gasteiger partial charge in [0.05, 0.1) is 27.7 Å². The standard InChI is InChI=1S/C8H14N4O11.C7H12N4O10.C3H8N2O5/c1-7(9(13)14,10(15)16)3-21-5-23-6-22-4-8(2,11(17)18)12(19)20;1-6(8(12)13,9(14)15)3-20-5-21-4-7(2,10(16)17)11(18)19;1-3(2-6,4-10-9)5(7)8/h3-6H2,1-2H3;3-5H2,1-2H3;4,6,9H,2H2,1H3. The summed E-state index contributed by atoms with van der Waals surface area (Å²) in [5, 5.41) is 111. The highest BCUT2D eigenvalue weighted by molar-refractivity contribution is 4.63. The molecule has 0 spiro atoms. The molecule has 0 rings (SSSR count). The number of nitrogens with one attached hydrogen (secondary N) is 1. The molecule has 0 bridgehead atoms. The average Bonchev–Trinajstić information content (AvgIpc) is 3.06. The van der Waals surface area contributed by atoms with Crippen LogP contribution in [-0.2, 0) is 28.7 Å². The lowest BCUT2D eigenvalue weighted by Crippen LogP contribution is -2.51. The zero-order chi connectivity index (χ0) is 43.3. The van der Waals surface area contributed by atoms with Crippen molar-refractivity contribution in [2.45, 2.75) is 62.9 Å². The number of aliphatic hydroxyl groups excluding tert-OH is 1. The minimum absolute atomic E-state index is 0.648. The highest BCUT2D eigenvalue weighted by atomic mass is 17.2. The summed E-state index contributed by atoms with van der Waals surface area (Å²) in [5.41, 5.74) is -10.6. The lowest BCUT2D eigenvalue weighted by Gasteiger charge is -2.15. The molecule has 36 heteroatoms. The van der Waals surface area contributed by atoms with E-state index < -0.39 is 126 Å². The van der Waals surface area contributed by atoms with E-state index in [0.29, 0.717) is 13.8 Å². The van der Waals surface area contributed by atoms with Crippen molar-refractivity contribution in [2.24, 2.45) is 0 Å². The number of aliphatic hydroxyl groups is 1. The van der Waals surface area contributed by atoms with Gasteiger partial charge in [0, 0.05) is 11.8 Å². The number of nitro groups is 9. The second-order valence-corrected chi connectivity index (χ2v) is 10.8. The van der Waals surface area contributed by atoms with Gasteiger partial charge in [0.25, 0.3) is 0 Å². The molecule has 0 aliphatic rings. The van der Waals surface area contributed by atoms with E-state index in [1.54, 1.807) is 5.48 Å². The van der Waals surface area contributed by atoms with Gasteiger partial charge in [-0.25, -0.2) is 5.26 Å². The third-order valence-corrected chi connectivity index (χ3v) is 6.12. The van der Waals surface area contributed by atoms with Gasteiger partial charge in [-0.15, -0.1) is 4.99 Å². The summed E-state index contributed by atoms with van der Waals surface area (Å²) >= 11 is 0. The second kappa shape index (κ2) is 23.0. The van der Waals surface area contributed by atoms with Crippen LogP contribution >= 0.6 is 0 Å². The molecule has 0 aromatic rings. The summed E-state index contributed by atoms with van der Waals surface area (Å²) in [6.07, 6.45) is 0. The van der Waals surface area contributed by atoms with Gasteiger partial charge < -0.3 is 28.8 Å². The SMILES string of the molecule is CC(CO)(NOO)[N+](=O)[O-].CC(COCOCC(C)([N+](=O)[O-])[N+](=O)[O-])([N+](=O)[O-])[N+](=O)[O-].CC(COCOCOCC(C)([N+](=O)[O-])[N+](=O)[O-])([N+](=O)[O-])[N+](=O)[O-]. The summed E-state index contributed by atoms with van der Waals surface area (Å²) in [6, 6.07) is 0. The van der Waals surface area contributed by atoms with E-state index in [4.69, 9.17) is 10.4 Å². The van der Waals surface area contributed by atoms with Gasteiger partial charge in [-0.2, -0.15) is 0 Å². The van der Waals surface area contributed by atoms with Crippen LogP contribution in [0.2, 0.25) is 0 Å². The second-order valence-electron chi connectivity index (χ2n) is 10.8. The van der Waals surface area contributed by atoms with E-state index in [9.17, 15) is 91.0 Å². The monoisotopic (exact) mass is 806 g/mol. The predicted octanol–water partition coefficient (Wildman–Crippen LogP) is -2.03. The highest BCUT2D eigenvalue weighted by Gasteiger charge is 2.53. The molecule has 1 unspecified atom stereocenters. The summed E-state index contributed by atoms with van der Waals surface area (Å²) in [6.45, 7) is -2.68. The van der Waals surface area contributed by atoms with Crippen LogP contribution in [-0.4, -0.2) is 136 Å². The molecule has 1 atom stereocenters. The van der Waals surface area contributed by atoms with E-state index in [2.05, 4.69) is 28.7 Å². The van der Waals surface area contributed by atoms with Crippen LogP contribution in [0.3, 0.4) is 0 Å². The fourth-order valence-corrected chi connectivity index (χ4v) is 2.06. The van der Waals surface area contributed by atoms with Crippen LogP contribution < -0.4 is 5.48 Å². The fraction of sp³-hybridized carbons (Fsp3) is 1.00. The number of nitrogens with zero attached hydrogens (tertiary/aromatic N) is 9. The molecule has 0 radical (unpaired) electrons. The fourth-order valence-electron chi connectivity index (χ4n) is 2.06. The van der Waals surface area contributed by atoms with Crippen molar-refractivity contribution >= 4 is 0 Å². The van der Waals surface area contributed by atoms with Crippen LogP contribution in [0.15, 0.2) is 0 Å². The molecule has 312 valence electrons. The Hall–Kier alpha value is -5.76. The van der Waals surface area contributed by atoms with Gasteiger partial charge in [-0.1, -0.05) is 5.48 Å². The molecule has 0 aromatic carbocycles. The van der Waals surface area contributed by atoms with Crippen molar-refractivity contribution in [2.75, 3.05) is 53.4 Å². The van der Waals surface area contributed by atoms with E-state index >= 15 is 0 Å². The Labute approximate surface area is 297 Å². The number of hydrogen-bond acceptors (Lipinski definition) is 27. The van der Waals surface area contributed by atoms with Gasteiger partial charge in [0.2, 0.25) is 0 Å². The molecule has 3 N–H and O–H groups in total. The summed E-state index contributed by atoms with van der Waals surface area (Å²) in [4.78, 5) is 87.6. The third-order valence-electron chi connectivity index (χ3n) is 6.12. The molecule has 54 heavy (non-hydrogen) atoms. The Morgan fingerprint density at radius 2 is 0.630 bits per heavy atom. The third kappa shape index (κ3) is 15.9. The first-order chi connectivity index (χ1) is 24.5. The molecular formula is C18H34N10O26. The van der Waals surface area contributed by atoms with Crippen molar-refractivity contribution in [3.05, 3.63) is 91.0 Å². The van der Waals surface area contributed by atoms with E-state index in [0.717, 1.165) is 20.8 Å². The van der Waals surface area contributed by atoms with Crippen LogP contribution in [0.1, 0.15) is 34.6 Å². The Morgan fingerprint density at radius 3 is 0.759 bits per heavy atom. The molecular weight excluding hydrogens is 772 g/mol. The highest BCUT2D eigenvalue weighted by Crippen LogP contribution is 2.14. The van der Waals surface area contributed by atoms with Crippen LogP contribution in [0.4, 0.5) is 0 Å². The average molecular weight is 807 g/mol. The first-order valence-corrected chi connectivity index (χ1v) is 13.4. The Balaban J connectivity index is -0.000000775. The van der Waals surface area contributed by atoms with Crippen molar-refractivity contribution in [1.29, 1.82) is 0 Å². The Bertz CT molecular complexity index is 1210. The normalized spacial score (nSPS) is 12.7. The zero-order valence-corrected chi connectivity index (χ0v) is 28.4. The molecule has 0 aliphatic heterocycles. The van der Waals surface area contributed by atoms with E-state index in [1.807, 2.05) is 0 Å². The van der Waals surface area contributed by atoms with E-state index in [-0.39, 0.29) is 0 Å². The molecule has 0 aromatic heterocycles. The molecule has 0 fully saturated rings. The van der Waals surface area contributed by atoms with Crippen molar-refractivity contribution in [1.82, 2.24) is 5.48 Å². The number of hydroxylamine groups is 1. The smallest absolute Gasteiger partial charge is 0.387 e. The lowest BCUT2D eigenvalue weighted by atomic mass is 10.2. The molecule has 0 saturated heterocycles. The van der Waals surface area contributed by atoms with Crippen molar-refractivity contribution < 1.29 is 83.3 Å². The zero-order valence-electron chi connectivity index (χ0n) is 28.4. The summed E-state index contributed by atoms with van der Waals surface area (Å²) in [7, 11) is 0. The first-order valence-electron chi connectivity index (χ1n) is 13.4. The van der Waals surface area contributed by atoms with Gasteiger partial charge in [-0.3, -0.25) is 91.0 Å². The Kier molecular flexibility index (Phi) is 22.4. The van der Waals surface area contributed by atoms with Gasteiger partial charge in [-0.05, 0) is 0 Å². The topological polar surface area (TPSA) is 496 Å². The molecule has 0 amide bonds. The van der Waals surface area contributed by atoms with E-state index in [1.165, 1.54) is 0 Å². The molecule has 0 aliphatic carbocycles. The maximum absolute atomic E-state index is 10.6. The van der Waals surface area contributed by atoms with Gasteiger partial charge in [0.1, 0.15) is 66.4 Å². The summed E-state index contributed by atoms with van der Waals surface area (Å²) in [5.74, 6) is 0. The number of ether oxygens (including phenoxy) is 5. The van der Waals surface area contributed by atoms with Crippen molar-refractivity contribution in [3.63, 3.8) is 0 Å². The largest absolute Gasteiger partial charge is 0.478 e. The maximum atomic E-state index is 10.6. The van der Waals surface area contributed by atoms with Crippen LogP contribution in [0, 0.1) is 91.0 Å². The van der Waals surface area contributed by atoms with Gasteiger partial charge in [0.15, 0.2) is 26.4 Å². The Morgan fingerprint density at radius 1 is 0.426 bits per heavy atom. The first kappa shape index (κ1) is 52.6. The molecule has 0 saturated carbocycles.